The van der Waals surface area contributed by atoms with Crippen molar-refractivity contribution >= 4 is 11.6 Å². The number of rotatable bonds is 4. The molecule has 0 bridgehead atoms. The number of hydrogen-bond donors (Lipinski definition) is 0. The van der Waals surface area contributed by atoms with Gasteiger partial charge in [0.15, 0.2) is 5.82 Å². The Kier molecular flexibility index (Phi) is 3.64. The second kappa shape index (κ2) is 6.05. The molecule has 0 radical (unpaired) electrons. The van der Waals surface area contributed by atoms with Gasteiger partial charge in [0, 0.05) is 24.6 Å². The van der Waals surface area contributed by atoms with Crippen molar-refractivity contribution in [3.63, 3.8) is 0 Å². The SMILES string of the molecule is Cc1ccc(N2C[C@@H](c3noc(C4(c5ccccc5)CC4)n3)CC2=O)cc1. The van der Waals surface area contributed by atoms with Crippen LogP contribution in [-0.4, -0.2) is 22.6 Å². The summed E-state index contributed by atoms with van der Waals surface area (Å²) in [5, 5.41) is 4.24. The molecule has 0 unspecified atom stereocenters. The quantitative estimate of drug-likeness (QED) is 0.707. The first-order chi connectivity index (χ1) is 13.2. The van der Waals surface area contributed by atoms with Gasteiger partial charge in [-0.05, 0) is 37.5 Å². The van der Waals surface area contributed by atoms with E-state index in [1.165, 1.54) is 11.1 Å². The van der Waals surface area contributed by atoms with Gasteiger partial charge in [-0.25, -0.2) is 0 Å². The standard InChI is InChI=1S/C22H21N3O2/c1-15-7-9-18(10-8-15)25-14-16(13-19(25)26)20-23-21(27-24-20)22(11-12-22)17-5-3-2-4-6-17/h2-10,16H,11-14H2,1H3/t16-/m0/s1. The number of carbonyl (C=O) groups is 1. The first-order valence-corrected chi connectivity index (χ1v) is 9.42. The molecule has 2 fully saturated rings. The third kappa shape index (κ3) is 2.74. The average molecular weight is 359 g/mol. The zero-order valence-electron chi connectivity index (χ0n) is 15.3. The fourth-order valence-electron chi connectivity index (χ4n) is 3.96. The predicted octanol–water partition coefficient (Wildman–Crippen LogP) is 3.98. The number of benzene rings is 2. The van der Waals surface area contributed by atoms with Crippen molar-refractivity contribution in [2.45, 2.75) is 37.5 Å². The van der Waals surface area contributed by atoms with Gasteiger partial charge in [0.2, 0.25) is 11.8 Å². The number of amides is 1. The fourth-order valence-corrected chi connectivity index (χ4v) is 3.96. The summed E-state index contributed by atoms with van der Waals surface area (Å²) in [6.45, 7) is 2.64. The Bertz CT molecular complexity index is 974. The highest BCUT2D eigenvalue weighted by Crippen LogP contribution is 2.53. The van der Waals surface area contributed by atoms with Gasteiger partial charge in [0.25, 0.3) is 0 Å². The molecular weight excluding hydrogens is 338 g/mol. The Morgan fingerprint density at radius 1 is 1.07 bits per heavy atom. The highest BCUT2D eigenvalue weighted by molar-refractivity contribution is 5.96. The number of nitrogens with zero attached hydrogens (tertiary/aromatic N) is 3. The van der Waals surface area contributed by atoms with E-state index in [-0.39, 0.29) is 17.2 Å². The van der Waals surface area contributed by atoms with Gasteiger partial charge < -0.3 is 9.42 Å². The van der Waals surface area contributed by atoms with Crippen LogP contribution in [-0.2, 0) is 10.2 Å². The molecule has 3 aromatic rings. The summed E-state index contributed by atoms with van der Waals surface area (Å²) in [5.74, 6) is 1.42. The largest absolute Gasteiger partial charge is 0.338 e. The van der Waals surface area contributed by atoms with E-state index in [0.29, 0.717) is 24.7 Å². The van der Waals surface area contributed by atoms with E-state index in [1.807, 2.05) is 54.3 Å². The van der Waals surface area contributed by atoms with Gasteiger partial charge >= 0.3 is 0 Å². The smallest absolute Gasteiger partial charge is 0.237 e. The van der Waals surface area contributed by atoms with Crippen LogP contribution in [0.4, 0.5) is 5.69 Å². The van der Waals surface area contributed by atoms with Crippen molar-refractivity contribution < 1.29 is 9.32 Å². The van der Waals surface area contributed by atoms with Crippen molar-refractivity contribution in [3.05, 3.63) is 77.4 Å². The molecule has 1 aliphatic carbocycles. The number of aryl methyl sites for hydroxylation is 1. The van der Waals surface area contributed by atoms with Crippen LogP contribution < -0.4 is 4.90 Å². The van der Waals surface area contributed by atoms with Crippen LogP contribution in [0, 0.1) is 6.92 Å². The Morgan fingerprint density at radius 3 is 2.52 bits per heavy atom. The molecule has 2 heterocycles. The molecule has 27 heavy (non-hydrogen) atoms. The fraction of sp³-hybridized carbons (Fsp3) is 0.318. The van der Waals surface area contributed by atoms with E-state index in [2.05, 4.69) is 17.3 Å². The normalized spacial score (nSPS) is 20.9. The first kappa shape index (κ1) is 16.2. The summed E-state index contributed by atoms with van der Waals surface area (Å²) in [4.78, 5) is 19.1. The molecule has 5 rings (SSSR count). The zero-order valence-corrected chi connectivity index (χ0v) is 15.3. The van der Waals surface area contributed by atoms with Gasteiger partial charge in [-0.2, -0.15) is 4.98 Å². The third-order valence-corrected chi connectivity index (χ3v) is 5.76. The maximum Gasteiger partial charge on any atom is 0.237 e. The molecule has 2 aliphatic rings. The van der Waals surface area contributed by atoms with Crippen LogP contribution in [0.5, 0.6) is 0 Å². The minimum absolute atomic E-state index is 0.0251. The lowest BCUT2D eigenvalue weighted by atomic mass is 9.96. The third-order valence-electron chi connectivity index (χ3n) is 5.76. The number of aromatic nitrogens is 2. The second-order valence-corrected chi connectivity index (χ2v) is 7.65. The van der Waals surface area contributed by atoms with E-state index in [1.54, 1.807) is 0 Å². The van der Waals surface area contributed by atoms with Crippen LogP contribution in [0.15, 0.2) is 59.1 Å². The number of anilines is 1. The molecule has 5 heteroatoms. The van der Waals surface area contributed by atoms with E-state index in [9.17, 15) is 4.79 Å². The van der Waals surface area contributed by atoms with Gasteiger partial charge in [0.1, 0.15) is 0 Å². The van der Waals surface area contributed by atoms with E-state index in [4.69, 9.17) is 9.51 Å². The van der Waals surface area contributed by atoms with Crippen LogP contribution >= 0.6 is 0 Å². The zero-order chi connectivity index (χ0) is 18.4. The van der Waals surface area contributed by atoms with E-state index in [0.717, 1.165) is 18.5 Å². The lowest BCUT2D eigenvalue weighted by Crippen LogP contribution is -2.24. The topological polar surface area (TPSA) is 59.2 Å². The molecular formula is C22H21N3O2. The van der Waals surface area contributed by atoms with E-state index < -0.39 is 0 Å². The maximum atomic E-state index is 12.5. The summed E-state index contributed by atoms with van der Waals surface area (Å²) < 4.78 is 5.66. The van der Waals surface area contributed by atoms with E-state index >= 15 is 0 Å². The van der Waals surface area contributed by atoms with Crippen LogP contribution in [0.2, 0.25) is 0 Å². The van der Waals surface area contributed by atoms with Crippen LogP contribution in [0.1, 0.15) is 48.0 Å². The molecule has 1 saturated heterocycles. The highest BCUT2D eigenvalue weighted by Gasteiger charge is 2.51. The van der Waals surface area contributed by atoms with Gasteiger partial charge in [-0.1, -0.05) is 53.2 Å². The Balaban J connectivity index is 1.38. The first-order valence-electron chi connectivity index (χ1n) is 9.42. The van der Waals surface area contributed by atoms with Crippen molar-refractivity contribution in [1.29, 1.82) is 0 Å². The Morgan fingerprint density at radius 2 is 1.81 bits per heavy atom. The molecule has 1 amide bonds. The molecule has 1 aromatic heterocycles. The molecule has 1 atom stereocenters. The number of carbonyl (C=O) groups excluding carboxylic acids is 1. The lowest BCUT2D eigenvalue weighted by molar-refractivity contribution is -0.117. The molecule has 0 N–H and O–H groups in total. The summed E-state index contributed by atoms with van der Waals surface area (Å²) in [6, 6.07) is 18.4. The minimum Gasteiger partial charge on any atom is -0.338 e. The molecule has 5 nitrogen and oxygen atoms in total. The van der Waals surface area contributed by atoms with Gasteiger partial charge in [-0.15, -0.1) is 0 Å². The second-order valence-electron chi connectivity index (χ2n) is 7.65. The molecule has 1 aliphatic heterocycles. The molecule has 2 aromatic carbocycles. The van der Waals surface area contributed by atoms with Crippen LogP contribution in [0.25, 0.3) is 0 Å². The van der Waals surface area contributed by atoms with Crippen molar-refractivity contribution in [3.8, 4) is 0 Å². The number of hydrogen-bond acceptors (Lipinski definition) is 4. The Hall–Kier alpha value is -2.95. The van der Waals surface area contributed by atoms with Gasteiger partial charge in [-0.3, -0.25) is 4.79 Å². The Labute approximate surface area is 158 Å². The van der Waals surface area contributed by atoms with Crippen molar-refractivity contribution in [1.82, 2.24) is 10.1 Å². The lowest BCUT2D eigenvalue weighted by Gasteiger charge is -2.16. The molecule has 0 spiro atoms. The van der Waals surface area contributed by atoms with Crippen LogP contribution in [0.3, 0.4) is 0 Å². The summed E-state index contributed by atoms with van der Waals surface area (Å²) in [5.41, 5.74) is 3.20. The summed E-state index contributed by atoms with van der Waals surface area (Å²) in [6.07, 6.45) is 2.47. The van der Waals surface area contributed by atoms with Crippen molar-refractivity contribution in [2.75, 3.05) is 11.4 Å². The maximum absolute atomic E-state index is 12.5. The highest BCUT2D eigenvalue weighted by atomic mass is 16.5. The summed E-state index contributed by atoms with van der Waals surface area (Å²) >= 11 is 0. The molecule has 1 saturated carbocycles. The van der Waals surface area contributed by atoms with Crippen molar-refractivity contribution in [2.24, 2.45) is 0 Å². The van der Waals surface area contributed by atoms with Gasteiger partial charge in [0.05, 0.1) is 5.41 Å². The predicted molar refractivity (Wildman–Crippen MR) is 102 cm³/mol. The monoisotopic (exact) mass is 359 g/mol. The summed E-state index contributed by atoms with van der Waals surface area (Å²) in [7, 11) is 0. The molecule has 136 valence electrons. The minimum atomic E-state index is -0.133. The average Bonchev–Trinajstić information content (AvgIpc) is 3.18.